The van der Waals surface area contributed by atoms with Crippen LogP contribution >= 0.6 is 0 Å². The summed E-state index contributed by atoms with van der Waals surface area (Å²) in [6.07, 6.45) is 4.74. The van der Waals surface area contributed by atoms with E-state index >= 15 is 0 Å². The summed E-state index contributed by atoms with van der Waals surface area (Å²) in [5.74, 6) is 1.13. The number of allylic oxidation sites excluding steroid dienone is 2. The lowest BCUT2D eigenvalue weighted by Crippen LogP contribution is -2.33. The number of rotatable bonds is 5. The first-order valence-corrected chi connectivity index (χ1v) is 14.6. The molecule has 0 N–H and O–H groups in total. The Hall–Kier alpha value is -2.32. The fourth-order valence-electron chi connectivity index (χ4n) is 4.22. The molecule has 0 fully saturated rings. The van der Waals surface area contributed by atoms with Crippen molar-refractivity contribution in [3.63, 3.8) is 0 Å². The van der Waals surface area contributed by atoms with Crippen LogP contribution in [0.5, 0.6) is 0 Å². The second-order valence-electron chi connectivity index (χ2n) is 10.1. The van der Waals surface area contributed by atoms with E-state index in [0.29, 0.717) is 11.8 Å². The molecule has 0 saturated carbocycles. The van der Waals surface area contributed by atoms with Gasteiger partial charge in [0.05, 0.1) is 14.8 Å². The standard InChI is InChI=1S/C28H37NSi/c1-19(2)22(5)26-17-27(29(6)18-28(26)30(7,8)9)25-16-20(3)24(15-21(25)4)23-13-11-10-12-14-23/h10-19,22H,6H2,1-5,7-9H3. The van der Waals surface area contributed by atoms with Crippen LogP contribution in [0.4, 0.5) is 0 Å². The monoisotopic (exact) mass is 415 g/mol. The molecule has 2 heteroatoms. The van der Waals surface area contributed by atoms with Crippen LogP contribution in [0.1, 0.15) is 37.5 Å². The fourth-order valence-corrected chi connectivity index (χ4v) is 5.93. The van der Waals surface area contributed by atoms with Crippen LogP contribution in [-0.2, 0) is 0 Å². The van der Waals surface area contributed by atoms with Crippen LogP contribution in [0, 0.1) is 31.7 Å². The maximum Gasteiger partial charge on any atom is 0.147 e. The van der Waals surface area contributed by atoms with Gasteiger partial charge in [0.2, 0.25) is 0 Å². The molecule has 1 heterocycles. The second kappa shape index (κ2) is 8.43. The number of hydrogen-bond donors (Lipinski definition) is 0. The zero-order valence-electron chi connectivity index (χ0n) is 20.0. The summed E-state index contributed by atoms with van der Waals surface area (Å²) in [6, 6.07) is 16.5. The van der Waals surface area contributed by atoms with Crippen molar-refractivity contribution in [1.29, 1.82) is 0 Å². The van der Waals surface area contributed by atoms with Crippen molar-refractivity contribution >= 4 is 14.8 Å². The third kappa shape index (κ3) is 4.39. The smallest absolute Gasteiger partial charge is 0.147 e. The van der Waals surface area contributed by atoms with Crippen molar-refractivity contribution in [2.75, 3.05) is 0 Å². The average molecular weight is 416 g/mol. The predicted molar refractivity (Wildman–Crippen MR) is 135 cm³/mol. The summed E-state index contributed by atoms with van der Waals surface area (Å²) in [6.45, 7) is 23.2. The summed E-state index contributed by atoms with van der Waals surface area (Å²) < 4.78 is 2.11. The lowest BCUT2D eigenvalue weighted by Gasteiger charge is -2.35. The van der Waals surface area contributed by atoms with Gasteiger partial charge in [-0.1, -0.05) is 107 Å². The van der Waals surface area contributed by atoms with E-state index in [9.17, 15) is 0 Å². The van der Waals surface area contributed by atoms with E-state index in [1.807, 2.05) is 0 Å². The van der Waals surface area contributed by atoms with Gasteiger partial charge < -0.3 is 0 Å². The lowest BCUT2D eigenvalue weighted by molar-refractivity contribution is -0.418. The highest BCUT2D eigenvalue weighted by Gasteiger charge is 2.32. The SMILES string of the molecule is C=[N+]1C=C([Si](C)(C)C)C(C(C)C(C)C)=C[C-]1c1cc(C)c(-c2ccccc2)cc1C. The van der Waals surface area contributed by atoms with E-state index in [4.69, 9.17) is 0 Å². The highest BCUT2D eigenvalue weighted by atomic mass is 28.3. The molecule has 0 aliphatic carbocycles. The molecule has 158 valence electrons. The van der Waals surface area contributed by atoms with E-state index in [-0.39, 0.29) is 0 Å². The minimum absolute atomic E-state index is 0.525. The van der Waals surface area contributed by atoms with Crippen molar-refractivity contribution in [2.24, 2.45) is 11.8 Å². The molecule has 3 rings (SSSR count). The molecule has 0 radical (unpaired) electrons. The topological polar surface area (TPSA) is 3.01 Å². The van der Waals surface area contributed by atoms with E-state index < -0.39 is 8.07 Å². The number of hydrogen-bond acceptors (Lipinski definition) is 0. The van der Waals surface area contributed by atoms with Crippen molar-refractivity contribution < 1.29 is 4.58 Å². The number of benzene rings is 2. The Balaban J connectivity index is 2.10. The maximum atomic E-state index is 4.41. The fraction of sp³-hybridized carbons (Fsp3) is 0.357. The maximum absolute atomic E-state index is 4.41. The van der Waals surface area contributed by atoms with Gasteiger partial charge in [-0.3, -0.25) is 4.58 Å². The predicted octanol–water partition coefficient (Wildman–Crippen LogP) is 7.56. The van der Waals surface area contributed by atoms with Crippen molar-refractivity contribution in [3.05, 3.63) is 88.2 Å². The van der Waals surface area contributed by atoms with Crippen LogP contribution in [0.25, 0.3) is 11.1 Å². The van der Waals surface area contributed by atoms with E-state index in [1.54, 1.807) is 0 Å². The quantitative estimate of drug-likeness (QED) is 0.269. The Morgan fingerprint density at radius 3 is 2.13 bits per heavy atom. The average Bonchev–Trinajstić information content (AvgIpc) is 2.68. The van der Waals surface area contributed by atoms with Gasteiger partial charge in [-0.2, -0.15) is 0 Å². The Kier molecular flexibility index (Phi) is 6.28. The molecule has 1 atom stereocenters. The van der Waals surface area contributed by atoms with Crippen LogP contribution in [0.2, 0.25) is 19.6 Å². The molecule has 0 bridgehead atoms. The summed E-state index contributed by atoms with van der Waals surface area (Å²) in [5, 5.41) is 1.53. The number of aryl methyl sites for hydroxylation is 2. The summed E-state index contributed by atoms with van der Waals surface area (Å²) in [4.78, 5) is 0. The summed E-state index contributed by atoms with van der Waals surface area (Å²) in [5.41, 5.74) is 7.96. The van der Waals surface area contributed by atoms with Gasteiger partial charge in [-0.05, 0) is 46.7 Å². The first kappa shape index (κ1) is 22.4. The van der Waals surface area contributed by atoms with Crippen molar-refractivity contribution in [2.45, 2.75) is 54.3 Å². The molecule has 0 amide bonds. The van der Waals surface area contributed by atoms with Crippen LogP contribution in [0.15, 0.2) is 65.5 Å². The minimum atomic E-state index is -1.48. The molecular weight excluding hydrogens is 378 g/mol. The van der Waals surface area contributed by atoms with Gasteiger partial charge in [0.1, 0.15) is 12.2 Å². The van der Waals surface area contributed by atoms with Gasteiger partial charge in [-0.25, -0.2) is 0 Å². The Labute approximate surface area is 184 Å². The Bertz CT molecular complexity index is 1000. The molecule has 2 aromatic carbocycles. The zero-order valence-corrected chi connectivity index (χ0v) is 21.0. The molecule has 2 aromatic rings. The summed E-state index contributed by atoms with van der Waals surface area (Å²) in [7, 11) is -1.48. The molecule has 1 aliphatic heterocycles. The highest BCUT2D eigenvalue weighted by molar-refractivity contribution is 6.84. The van der Waals surface area contributed by atoms with E-state index in [0.717, 1.165) is 0 Å². The van der Waals surface area contributed by atoms with Crippen LogP contribution in [0.3, 0.4) is 0 Å². The molecular formula is C28H37NSi. The Morgan fingerprint density at radius 2 is 1.57 bits per heavy atom. The number of nitrogens with zero attached hydrogens (tertiary/aromatic N) is 1. The Morgan fingerprint density at radius 1 is 0.933 bits per heavy atom. The van der Waals surface area contributed by atoms with Crippen molar-refractivity contribution in [1.82, 2.24) is 0 Å². The molecule has 1 unspecified atom stereocenters. The van der Waals surface area contributed by atoms with Gasteiger partial charge in [-0.15, -0.1) is 0 Å². The molecule has 1 nitrogen and oxygen atoms in total. The molecule has 0 spiro atoms. The third-order valence-electron chi connectivity index (χ3n) is 6.43. The first-order chi connectivity index (χ1) is 14.0. The van der Waals surface area contributed by atoms with E-state index in [1.165, 1.54) is 44.6 Å². The highest BCUT2D eigenvalue weighted by Crippen LogP contribution is 2.39. The van der Waals surface area contributed by atoms with Gasteiger partial charge in [0.25, 0.3) is 0 Å². The van der Waals surface area contributed by atoms with Gasteiger partial charge in [0.15, 0.2) is 0 Å². The summed E-state index contributed by atoms with van der Waals surface area (Å²) >= 11 is 0. The first-order valence-electron chi connectivity index (χ1n) is 11.1. The van der Waals surface area contributed by atoms with E-state index in [2.05, 4.69) is 120 Å². The molecule has 30 heavy (non-hydrogen) atoms. The lowest BCUT2D eigenvalue weighted by atomic mass is 9.85. The third-order valence-corrected chi connectivity index (χ3v) is 8.46. The molecule has 0 saturated heterocycles. The van der Waals surface area contributed by atoms with Crippen molar-refractivity contribution in [3.8, 4) is 11.1 Å². The second-order valence-corrected chi connectivity index (χ2v) is 15.2. The largest absolute Gasteiger partial charge is 0.255 e. The van der Waals surface area contributed by atoms with Gasteiger partial charge in [0, 0.05) is 0 Å². The zero-order chi connectivity index (χ0) is 22.2. The molecule has 0 aromatic heterocycles. The molecule has 1 aliphatic rings. The normalized spacial score (nSPS) is 15.9. The van der Waals surface area contributed by atoms with Gasteiger partial charge >= 0.3 is 0 Å². The van der Waals surface area contributed by atoms with Crippen LogP contribution < -0.4 is 0 Å². The minimum Gasteiger partial charge on any atom is -0.255 e. The van der Waals surface area contributed by atoms with Crippen LogP contribution in [-0.4, -0.2) is 19.4 Å².